The number of nitrogens with zero attached hydrogens (tertiary/aromatic N) is 8. The van der Waals surface area contributed by atoms with E-state index in [1.807, 2.05) is 0 Å². The van der Waals surface area contributed by atoms with Crippen molar-refractivity contribution in [1.29, 1.82) is 21.6 Å². The predicted octanol–water partition coefficient (Wildman–Crippen LogP) is 11.8. The van der Waals surface area contributed by atoms with E-state index in [-0.39, 0.29) is 43.1 Å². The molecule has 394 valence electrons. The highest BCUT2D eigenvalue weighted by Gasteiger charge is 2.35. The van der Waals surface area contributed by atoms with Crippen molar-refractivity contribution in [2.45, 2.75) is 19.6 Å². The molecule has 80 heavy (non-hydrogen) atoms. The fourth-order valence-corrected chi connectivity index (χ4v) is 13.4. The van der Waals surface area contributed by atoms with Crippen molar-refractivity contribution >= 4 is 106 Å². The minimum atomic E-state index is -5.31. The van der Waals surface area contributed by atoms with Crippen LogP contribution in [0.5, 0.6) is 46.0 Å². The minimum Gasteiger partial charge on any atom is -0.501 e. The van der Waals surface area contributed by atoms with Crippen LogP contribution in [0.25, 0.3) is 74.1 Å². The topological polar surface area (TPSA) is 367 Å². The van der Waals surface area contributed by atoms with Gasteiger partial charge in [0.2, 0.25) is 44.6 Å². The zero-order chi connectivity index (χ0) is 57.1. The summed E-state index contributed by atoms with van der Waals surface area (Å²) in [6, 6.07) is 30.2. The van der Waals surface area contributed by atoms with Crippen molar-refractivity contribution in [1.82, 2.24) is 0 Å². The molecule has 0 saturated carbocycles. The average Bonchev–Trinajstić information content (AvgIpc) is 3.62. The molecule has 28 heteroatoms. The molecule has 0 amide bonds. The molecule has 0 saturated heterocycles. The molecule has 0 aliphatic rings. The van der Waals surface area contributed by atoms with Crippen molar-refractivity contribution in [3.8, 4) is 57.1 Å². The number of phenolic OH excluding ortho intramolecular Hbond substituents is 4. The number of hydrogen-bond acceptors (Lipinski definition) is 20. The Hall–Kier alpha value is -10.9. The Kier molecular flexibility index (Phi) is 12.9. The Labute approximate surface area is 450 Å². The van der Waals surface area contributed by atoms with E-state index >= 15 is 0 Å². The van der Waals surface area contributed by atoms with E-state index < -0.39 is 140 Å². The Bertz CT molecular complexity index is 4720. The van der Waals surface area contributed by atoms with Gasteiger partial charge < -0.3 is 37.2 Å². The van der Waals surface area contributed by atoms with Crippen molar-refractivity contribution in [3.63, 3.8) is 0 Å². The van der Waals surface area contributed by atoms with Gasteiger partial charge in [0, 0.05) is 66.3 Å². The molecule has 24 nitrogen and oxygen atoms in total. The van der Waals surface area contributed by atoms with Crippen LogP contribution in [0.1, 0.15) is 0 Å². The highest BCUT2D eigenvalue weighted by atomic mass is 32.2. The summed E-state index contributed by atoms with van der Waals surface area (Å²) in [7, 11) is -20.8. The Balaban J connectivity index is 1.19. The average molecular weight is 1150 g/mol. The van der Waals surface area contributed by atoms with Crippen LogP contribution in [0.15, 0.2) is 177 Å². The first-order valence-electron chi connectivity index (χ1n) is 22.6. The van der Waals surface area contributed by atoms with Gasteiger partial charge in [-0.3, -0.25) is 0 Å². The molecule has 0 bridgehead atoms. The molecule has 4 N–H and O–H groups in total. The van der Waals surface area contributed by atoms with Gasteiger partial charge in [0.1, 0.15) is 31.1 Å². The molecule has 10 aromatic rings. The molecular formula is C52H30N8O16S4+4. The maximum absolute atomic E-state index is 14.7. The van der Waals surface area contributed by atoms with Crippen molar-refractivity contribution < 1.29 is 70.8 Å². The number of aromatic hydroxyl groups is 4. The zero-order valence-corrected chi connectivity index (χ0v) is 43.2. The Morgan fingerprint density at radius 1 is 0.300 bits per heavy atom. The molecule has 0 spiro atoms. The van der Waals surface area contributed by atoms with Gasteiger partial charge in [0.05, 0.1) is 24.3 Å². The SMILES string of the molecule is N#[N+]c1cc(S(=O)(=O)Oc2ccc(-c3ccc(OS(=O)(=O)c4cc([N+]#N)c(O)c5ccccc45)cc3OS(=O)(=O)c3cc([N+]#N)c(O)c4ccccc34)c(OS(=O)(=O)c3cc([N+]#N)c(O)c4ccccc34)c2)c2ccccc2c1O. The van der Waals surface area contributed by atoms with Gasteiger partial charge in [0.25, 0.3) is 0 Å². The molecule has 0 unspecified atom stereocenters. The van der Waals surface area contributed by atoms with E-state index in [4.69, 9.17) is 16.7 Å². The summed E-state index contributed by atoms with van der Waals surface area (Å²) in [5, 5.41) is 81.1. The van der Waals surface area contributed by atoms with Crippen LogP contribution in [0.4, 0.5) is 22.7 Å². The monoisotopic (exact) mass is 1150 g/mol. The fourth-order valence-electron chi connectivity index (χ4n) is 8.74. The summed E-state index contributed by atoms with van der Waals surface area (Å²) in [6.07, 6.45) is 0. The normalized spacial score (nSPS) is 11.8. The van der Waals surface area contributed by atoms with Crippen LogP contribution in [0, 0.1) is 21.6 Å². The summed E-state index contributed by atoms with van der Waals surface area (Å²) in [4.78, 5) is 9.14. The second-order valence-electron chi connectivity index (χ2n) is 17.0. The maximum Gasteiger partial charge on any atom is 0.428 e. The highest BCUT2D eigenvalue weighted by molar-refractivity contribution is 7.88. The summed E-state index contributed by atoms with van der Waals surface area (Å²) in [5.74, 6) is -5.63. The minimum absolute atomic E-state index is 0.0858. The first-order chi connectivity index (χ1) is 38.1. The van der Waals surface area contributed by atoms with E-state index in [0.717, 1.165) is 60.7 Å². The van der Waals surface area contributed by atoms with Crippen molar-refractivity contribution in [2.75, 3.05) is 0 Å². The highest BCUT2D eigenvalue weighted by Crippen LogP contribution is 2.48. The lowest BCUT2D eigenvalue weighted by atomic mass is 10.0. The maximum atomic E-state index is 14.7. The number of benzene rings is 10. The van der Waals surface area contributed by atoms with Gasteiger partial charge >= 0.3 is 63.2 Å². The van der Waals surface area contributed by atoms with Gasteiger partial charge in [-0.05, 0) is 24.3 Å². The molecule has 0 aromatic heterocycles. The quantitative estimate of drug-likeness (QED) is 0.0615. The second kappa shape index (κ2) is 19.6. The molecule has 0 fully saturated rings. The van der Waals surface area contributed by atoms with Crippen LogP contribution in [-0.4, -0.2) is 54.1 Å². The van der Waals surface area contributed by atoms with E-state index in [1.165, 1.54) is 97.1 Å². The summed E-state index contributed by atoms with van der Waals surface area (Å²) >= 11 is 0. The van der Waals surface area contributed by atoms with Crippen molar-refractivity contribution in [3.05, 3.63) is 178 Å². The molecular weight excluding hydrogens is 1120 g/mol. The first-order valence-corrected chi connectivity index (χ1v) is 28.2. The van der Waals surface area contributed by atoms with E-state index in [9.17, 15) is 75.7 Å². The third-order valence-corrected chi connectivity index (χ3v) is 17.5. The number of fused-ring (bicyclic) bond motifs is 4. The predicted molar refractivity (Wildman–Crippen MR) is 285 cm³/mol. The molecule has 10 aromatic carbocycles. The summed E-state index contributed by atoms with van der Waals surface area (Å²) in [5.41, 5.74) is -3.42. The van der Waals surface area contributed by atoms with Crippen LogP contribution >= 0.6 is 0 Å². The van der Waals surface area contributed by atoms with Gasteiger partial charge in [-0.25, -0.2) is 0 Å². The fraction of sp³-hybridized carbons (Fsp3) is 0. The summed E-state index contributed by atoms with van der Waals surface area (Å²) < 4.78 is 138. The van der Waals surface area contributed by atoms with Gasteiger partial charge in [-0.15, -0.1) is 0 Å². The van der Waals surface area contributed by atoms with E-state index in [1.54, 1.807) is 0 Å². The standard InChI is InChI=1S/C52H26N8O16S4/c53-57-39-23-45(31-9-1-5-13-35(31)49(39)61)77(65,66)73-27-17-19-29(43(21-27)75-79(69,70)47-25-41(59-55)51(63)37-15-7-3-11-33(37)47)30-20-18-28(74-78(67,68)46-24-40(58-54)50(62)36-14-6-2-10-32(36)46)22-44(30)76-80(71,72)48-26-42(60-56)52(64)38-16-8-4-12-34(38)48/h1-26H/p+4. The number of rotatable bonds is 13. The third kappa shape index (κ3) is 9.15. The van der Waals surface area contributed by atoms with Gasteiger partial charge in [-0.1, -0.05) is 97.1 Å². The van der Waals surface area contributed by atoms with E-state index in [0.29, 0.717) is 0 Å². The molecule has 10 rings (SSSR count). The van der Waals surface area contributed by atoms with Gasteiger partial charge in [-0.2, -0.15) is 33.7 Å². The molecule has 0 heterocycles. The number of diazo groups is 4. The zero-order valence-electron chi connectivity index (χ0n) is 39.9. The Morgan fingerprint density at radius 3 is 0.762 bits per heavy atom. The molecule has 0 aliphatic carbocycles. The van der Waals surface area contributed by atoms with Crippen LogP contribution in [0.3, 0.4) is 0 Å². The largest absolute Gasteiger partial charge is 0.501 e. The van der Waals surface area contributed by atoms with Crippen LogP contribution in [0.2, 0.25) is 0 Å². The lowest BCUT2D eigenvalue weighted by Gasteiger charge is -2.18. The first kappa shape index (κ1) is 52.6. The lowest BCUT2D eigenvalue weighted by molar-refractivity contribution is 0.470. The second-order valence-corrected chi connectivity index (χ2v) is 23.1. The summed E-state index contributed by atoms with van der Waals surface area (Å²) in [6.45, 7) is 0. The van der Waals surface area contributed by atoms with Crippen molar-refractivity contribution in [2.24, 2.45) is 0 Å². The number of hydrogen-bond donors (Lipinski definition) is 4. The third-order valence-electron chi connectivity index (χ3n) is 12.3. The smallest absolute Gasteiger partial charge is 0.428 e. The van der Waals surface area contributed by atoms with E-state index in [2.05, 4.69) is 19.9 Å². The molecule has 0 atom stereocenters. The van der Waals surface area contributed by atoms with Gasteiger partial charge in [0.15, 0.2) is 31.4 Å². The molecule has 0 radical (unpaired) electrons. The Morgan fingerprint density at radius 2 is 0.525 bits per heavy atom. The number of phenols is 4. The van der Waals surface area contributed by atoms with Crippen LogP contribution in [-0.2, 0) is 40.5 Å². The lowest BCUT2D eigenvalue weighted by Crippen LogP contribution is -2.14. The molecule has 0 aliphatic heterocycles. The van der Waals surface area contributed by atoms with Crippen LogP contribution < -0.4 is 16.7 Å².